The average molecular weight is 407 g/mol. The Morgan fingerprint density at radius 1 is 1.36 bits per heavy atom. The molecule has 1 atom stereocenters. The van der Waals surface area contributed by atoms with E-state index in [-0.39, 0.29) is 36.8 Å². The van der Waals surface area contributed by atoms with Gasteiger partial charge in [0.25, 0.3) is 5.91 Å². The van der Waals surface area contributed by atoms with Crippen molar-refractivity contribution in [3.63, 3.8) is 0 Å². The second-order valence-corrected chi connectivity index (χ2v) is 6.19. The van der Waals surface area contributed by atoms with Crippen LogP contribution in [0.2, 0.25) is 0 Å². The van der Waals surface area contributed by atoms with Gasteiger partial charge in [-0.25, -0.2) is 0 Å². The minimum absolute atomic E-state index is 0. The molecule has 2 heterocycles. The van der Waals surface area contributed by atoms with Crippen molar-refractivity contribution in [2.75, 3.05) is 13.1 Å². The zero-order valence-electron chi connectivity index (χ0n) is 12.1. The minimum Gasteiger partial charge on any atom is -0.337 e. The Bertz CT molecular complexity index is 696. The Kier molecular flexibility index (Phi) is 6.62. The van der Waals surface area contributed by atoms with Crippen LogP contribution in [0.1, 0.15) is 22.5 Å². The predicted octanol–water partition coefficient (Wildman–Crippen LogP) is 3.32. The van der Waals surface area contributed by atoms with Gasteiger partial charge in [0, 0.05) is 34.7 Å². The van der Waals surface area contributed by atoms with Crippen LogP contribution in [0.25, 0.3) is 10.9 Å². The fourth-order valence-electron chi connectivity index (χ4n) is 2.65. The van der Waals surface area contributed by atoms with E-state index in [1.165, 1.54) is 0 Å². The molecule has 0 spiro atoms. The van der Waals surface area contributed by atoms with E-state index in [4.69, 9.17) is 5.73 Å². The van der Waals surface area contributed by atoms with E-state index in [0.717, 1.165) is 34.0 Å². The summed E-state index contributed by atoms with van der Waals surface area (Å²) in [6.45, 7) is 3.28. The van der Waals surface area contributed by atoms with Crippen molar-refractivity contribution in [1.29, 1.82) is 0 Å². The van der Waals surface area contributed by atoms with Gasteiger partial charge in [-0.3, -0.25) is 9.78 Å². The van der Waals surface area contributed by atoms with Crippen LogP contribution < -0.4 is 5.73 Å². The number of halogens is 3. The van der Waals surface area contributed by atoms with Crippen molar-refractivity contribution in [2.24, 2.45) is 5.73 Å². The number of pyridine rings is 1. The number of nitrogens with zero attached hydrogens (tertiary/aromatic N) is 2. The summed E-state index contributed by atoms with van der Waals surface area (Å²) < 4.78 is 0.947. The number of rotatable bonds is 1. The summed E-state index contributed by atoms with van der Waals surface area (Å²) >= 11 is 3.45. The van der Waals surface area contributed by atoms with Crippen molar-refractivity contribution in [3.05, 3.63) is 40.0 Å². The molecule has 1 aliphatic rings. The second-order valence-electron chi connectivity index (χ2n) is 5.27. The van der Waals surface area contributed by atoms with Crippen molar-refractivity contribution >= 4 is 57.6 Å². The van der Waals surface area contributed by atoms with E-state index >= 15 is 0 Å². The second kappa shape index (κ2) is 7.59. The first-order chi connectivity index (χ1) is 9.54. The Morgan fingerprint density at radius 2 is 2.09 bits per heavy atom. The standard InChI is InChI=1S/C15H16BrN3O.2ClH/c1-9-6-13(15(20)19-5-4-11(17)8-19)12-7-10(16)2-3-14(12)18-9;;/h2-3,6-7,11H,4-5,8,17H2,1H3;2*1H/t11-;;/m0../s1. The van der Waals surface area contributed by atoms with Crippen LogP contribution in [-0.2, 0) is 0 Å². The molecule has 0 unspecified atom stereocenters. The molecular formula is C15H18BrCl2N3O. The molecular weight excluding hydrogens is 389 g/mol. The maximum Gasteiger partial charge on any atom is 0.254 e. The normalized spacial score (nSPS) is 17.0. The summed E-state index contributed by atoms with van der Waals surface area (Å²) in [6, 6.07) is 7.78. The predicted molar refractivity (Wildman–Crippen MR) is 97.2 cm³/mol. The molecule has 1 saturated heterocycles. The van der Waals surface area contributed by atoms with E-state index in [9.17, 15) is 4.79 Å². The summed E-state index contributed by atoms with van der Waals surface area (Å²) in [6.07, 6.45) is 0.872. The number of amides is 1. The molecule has 120 valence electrons. The SMILES string of the molecule is Cc1cc(C(=O)N2CC[C@H](N)C2)c2cc(Br)ccc2n1.Cl.Cl. The average Bonchev–Trinajstić information content (AvgIpc) is 2.84. The number of aromatic nitrogens is 1. The highest BCUT2D eigenvalue weighted by atomic mass is 79.9. The molecule has 1 amide bonds. The van der Waals surface area contributed by atoms with Gasteiger partial charge in [-0.1, -0.05) is 15.9 Å². The van der Waals surface area contributed by atoms with Crippen LogP contribution in [0, 0.1) is 6.92 Å². The Morgan fingerprint density at radius 3 is 2.73 bits per heavy atom. The number of aryl methyl sites for hydroxylation is 1. The number of hydrogen-bond donors (Lipinski definition) is 1. The number of carbonyl (C=O) groups excluding carboxylic acids is 1. The molecule has 1 aromatic heterocycles. The molecule has 22 heavy (non-hydrogen) atoms. The maximum atomic E-state index is 12.7. The van der Waals surface area contributed by atoms with Gasteiger partial charge in [0.1, 0.15) is 0 Å². The monoisotopic (exact) mass is 405 g/mol. The van der Waals surface area contributed by atoms with Crippen LogP contribution in [0.15, 0.2) is 28.7 Å². The van der Waals surface area contributed by atoms with Crippen LogP contribution >= 0.6 is 40.7 Å². The summed E-state index contributed by atoms with van der Waals surface area (Å²) in [5.74, 6) is 0.0477. The summed E-state index contributed by atoms with van der Waals surface area (Å²) in [7, 11) is 0. The van der Waals surface area contributed by atoms with Crippen LogP contribution in [0.5, 0.6) is 0 Å². The molecule has 2 N–H and O–H groups in total. The number of benzene rings is 1. The lowest BCUT2D eigenvalue weighted by atomic mass is 10.1. The van der Waals surface area contributed by atoms with Crippen molar-refractivity contribution in [1.82, 2.24) is 9.88 Å². The van der Waals surface area contributed by atoms with Gasteiger partial charge in [0.05, 0.1) is 11.1 Å². The highest BCUT2D eigenvalue weighted by Gasteiger charge is 2.26. The fraction of sp³-hybridized carbons (Fsp3) is 0.333. The highest BCUT2D eigenvalue weighted by Crippen LogP contribution is 2.25. The molecule has 3 rings (SSSR count). The topological polar surface area (TPSA) is 59.2 Å². The first-order valence-electron chi connectivity index (χ1n) is 6.66. The van der Waals surface area contributed by atoms with Crippen LogP contribution in [-0.4, -0.2) is 34.9 Å². The third kappa shape index (κ3) is 3.71. The minimum atomic E-state index is 0. The Labute approximate surface area is 150 Å². The molecule has 1 aliphatic heterocycles. The molecule has 0 radical (unpaired) electrons. The number of fused-ring (bicyclic) bond motifs is 1. The van der Waals surface area contributed by atoms with Gasteiger partial charge in [0.15, 0.2) is 0 Å². The lowest BCUT2D eigenvalue weighted by molar-refractivity contribution is 0.0792. The number of nitrogens with two attached hydrogens (primary N) is 1. The zero-order valence-corrected chi connectivity index (χ0v) is 15.3. The molecule has 1 fully saturated rings. The first kappa shape index (κ1) is 19.2. The largest absolute Gasteiger partial charge is 0.337 e. The number of likely N-dealkylation sites (tertiary alicyclic amines) is 1. The molecule has 4 nitrogen and oxygen atoms in total. The Hall–Kier alpha value is -0.880. The fourth-order valence-corrected chi connectivity index (χ4v) is 3.01. The molecule has 7 heteroatoms. The van der Waals surface area contributed by atoms with Crippen molar-refractivity contribution in [2.45, 2.75) is 19.4 Å². The van der Waals surface area contributed by atoms with Gasteiger partial charge in [-0.05, 0) is 37.6 Å². The van der Waals surface area contributed by atoms with Crippen molar-refractivity contribution < 1.29 is 4.79 Å². The number of carbonyl (C=O) groups is 1. The third-order valence-electron chi connectivity index (χ3n) is 3.64. The maximum absolute atomic E-state index is 12.7. The highest BCUT2D eigenvalue weighted by molar-refractivity contribution is 9.10. The molecule has 2 aromatic rings. The smallest absolute Gasteiger partial charge is 0.254 e. The molecule has 0 bridgehead atoms. The van der Waals surface area contributed by atoms with Crippen LogP contribution in [0.3, 0.4) is 0 Å². The van der Waals surface area contributed by atoms with Gasteiger partial charge in [-0.15, -0.1) is 24.8 Å². The van der Waals surface area contributed by atoms with E-state index in [1.807, 2.05) is 36.1 Å². The van der Waals surface area contributed by atoms with E-state index in [2.05, 4.69) is 20.9 Å². The van der Waals surface area contributed by atoms with Crippen molar-refractivity contribution in [3.8, 4) is 0 Å². The van der Waals surface area contributed by atoms with E-state index in [1.54, 1.807) is 0 Å². The number of hydrogen-bond acceptors (Lipinski definition) is 3. The molecule has 1 aromatic carbocycles. The van der Waals surface area contributed by atoms with Crippen LogP contribution in [0.4, 0.5) is 0 Å². The summed E-state index contributed by atoms with van der Waals surface area (Å²) in [4.78, 5) is 19.0. The lowest BCUT2D eigenvalue weighted by Crippen LogP contribution is -2.32. The summed E-state index contributed by atoms with van der Waals surface area (Å²) in [5.41, 5.74) is 8.31. The Balaban J connectivity index is 0.00000121. The van der Waals surface area contributed by atoms with Gasteiger partial charge >= 0.3 is 0 Å². The first-order valence-corrected chi connectivity index (χ1v) is 7.45. The lowest BCUT2D eigenvalue weighted by Gasteiger charge is -2.17. The van der Waals surface area contributed by atoms with Gasteiger partial charge in [0.2, 0.25) is 0 Å². The zero-order chi connectivity index (χ0) is 14.3. The third-order valence-corrected chi connectivity index (χ3v) is 4.13. The molecule has 0 saturated carbocycles. The molecule has 0 aliphatic carbocycles. The van der Waals surface area contributed by atoms with E-state index in [0.29, 0.717) is 12.1 Å². The quantitative estimate of drug-likeness (QED) is 0.790. The van der Waals surface area contributed by atoms with Gasteiger partial charge in [-0.2, -0.15) is 0 Å². The summed E-state index contributed by atoms with van der Waals surface area (Å²) in [5, 5.41) is 0.885. The van der Waals surface area contributed by atoms with E-state index < -0.39 is 0 Å². The van der Waals surface area contributed by atoms with Gasteiger partial charge < -0.3 is 10.6 Å².